The summed E-state index contributed by atoms with van der Waals surface area (Å²) in [5.41, 5.74) is 12.2. The molecule has 0 amide bonds. The van der Waals surface area contributed by atoms with Gasteiger partial charge >= 0.3 is 0 Å². The third kappa shape index (κ3) is 5.93. The fraction of sp³-hybridized carbons (Fsp3) is 0. The van der Waals surface area contributed by atoms with Crippen molar-refractivity contribution in [2.45, 2.75) is 0 Å². The van der Waals surface area contributed by atoms with Crippen molar-refractivity contribution in [2.24, 2.45) is 10.2 Å². The Morgan fingerprint density at radius 1 is 0.500 bits per heavy atom. The second kappa shape index (κ2) is 10.9. The number of rotatable bonds is 7. The second-order valence-corrected chi connectivity index (χ2v) is 8.76. The monoisotopic (exact) mass is 546 g/mol. The summed E-state index contributed by atoms with van der Waals surface area (Å²) >= 11 is 6.89. The molecule has 0 aliphatic carbocycles. The fourth-order valence-electron chi connectivity index (χ4n) is 3.11. The highest BCUT2D eigenvalue weighted by Crippen LogP contribution is 2.26. The number of nitrogens with one attached hydrogen (secondary N) is 2. The molecule has 0 fully saturated rings. The van der Waals surface area contributed by atoms with Gasteiger partial charge in [0, 0.05) is 20.1 Å². The van der Waals surface area contributed by atoms with Crippen molar-refractivity contribution in [1.29, 1.82) is 0 Å². The van der Waals surface area contributed by atoms with E-state index in [-0.39, 0.29) is 0 Å². The van der Waals surface area contributed by atoms with Gasteiger partial charge in [-0.25, -0.2) is 0 Å². The molecule has 2 N–H and O–H groups in total. The molecule has 0 aromatic heterocycles. The molecule has 0 unspecified atom stereocenters. The first kappa shape index (κ1) is 22.0. The van der Waals surface area contributed by atoms with Crippen LogP contribution >= 0.6 is 31.9 Å². The van der Waals surface area contributed by atoms with Crippen LogP contribution in [0.4, 0.5) is 11.4 Å². The topological polar surface area (TPSA) is 48.8 Å². The number of anilines is 2. The number of benzene rings is 4. The lowest BCUT2D eigenvalue weighted by Gasteiger charge is -2.09. The van der Waals surface area contributed by atoms with Crippen molar-refractivity contribution in [1.82, 2.24) is 0 Å². The molecule has 4 rings (SSSR count). The molecular weight excluding hydrogens is 528 g/mol. The molecule has 0 bridgehead atoms. The minimum atomic E-state index is 0.925. The zero-order valence-corrected chi connectivity index (χ0v) is 20.2. The van der Waals surface area contributed by atoms with Crippen LogP contribution in [0.3, 0.4) is 0 Å². The molecule has 0 spiro atoms. The summed E-state index contributed by atoms with van der Waals surface area (Å²) in [7, 11) is 0. The van der Waals surface area contributed by atoms with Crippen molar-refractivity contribution < 1.29 is 0 Å². The standard InChI is InChI=1S/C26H20Br2N4/c27-21-9-13-23(14-10-21)31-29-17-19-5-1-3-7-25(19)26-8-4-2-6-20(26)18-30-32-24-15-11-22(28)12-16-24/h1-18,31-32H/b29-17+,30-18+. The summed E-state index contributed by atoms with van der Waals surface area (Å²) in [4.78, 5) is 0. The predicted octanol–water partition coefficient (Wildman–Crippen LogP) is 7.77. The van der Waals surface area contributed by atoms with Crippen LogP contribution in [0.5, 0.6) is 0 Å². The van der Waals surface area contributed by atoms with Gasteiger partial charge in [-0.15, -0.1) is 0 Å². The Morgan fingerprint density at radius 2 is 0.875 bits per heavy atom. The largest absolute Gasteiger partial charge is 0.279 e. The van der Waals surface area contributed by atoms with Gasteiger partial charge in [-0.2, -0.15) is 10.2 Å². The highest BCUT2D eigenvalue weighted by Gasteiger charge is 2.07. The maximum atomic E-state index is 4.43. The Kier molecular flexibility index (Phi) is 7.48. The van der Waals surface area contributed by atoms with Crippen molar-refractivity contribution in [3.63, 3.8) is 0 Å². The molecular formula is C26H20Br2N4. The summed E-state index contributed by atoms with van der Waals surface area (Å²) in [5.74, 6) is 0. The van der Waals surface area contributed by atoms with E-state index in [1.165, 1.54) is 0 Å². The Hall–Kier alpha value is -3.22. The van der Waals surface area contributed by atoms with Crippen molar-refractivity contribution >= 4 is 55.7 Å². The average Bonchev–Trinajstić information content (AvgIpc) is 2.82. The van der Waals surface area contributed by atoms with Crippen LogP contribution < -0.4 is 10.9 Å². The van der Waals surface area contributed by atoms with Gasteiger partial charge in [0.05, 0.1) is 23.8 Å². The van der Waals surface area contributed by atoms with Crippen molar-refractivity contribution in [2.75, 3.05) is 10.9 Å². The highest BCUT2D eigenvalue weighted by molar-refractivity contribution is 9.10. The quantitative estimate of drug-likeness (QED) is 0.183. The first-order chi connectivity index (χ1) is 15.7. The predicted molar refractivity (Wildman–Crippen MR) is 143 cm³/mol. The number of hydrogen-bond acceptors (Lipinski definition) is 4. The van der Waals surface area contributed by atoms with Crippen molar-refractivity contribution in [3.05, 3.63) is 117 Å². The van der Waals surface area contributed by atoms with E-state index >= 15 is 0 Å². The number of halogens is 2. The van der Waals surface area contributed by atoms with E-state index in [2.05, 4.69) is 77.2 Å². The normalized spacial score (nSPS) is 11.2. The van der Waals surface area contributed by atoms with E-state index in [9.17, 15) is 0 Å². The smallest absolute Gasteiger partial charge is 0.0562 e. The molecule has 0 radical (unpaired) electrons. The van der Waals surface area contributed by atoms with E-state index in [0.29, 0.717) is 0 Å². The Labute approximate surface area is 204 Å². The summed E-state index contributed by atoms with van der Waals surface area (Å²) in [5, 5.41) is 8.85. The zero-order chi connectivity index (χ0) is 22.2. The summed E-state index contributed by atoms with van der Waals surface area (Å²) in [6.07, 6.45) is 3.68. The SMILES string of the molecule is Brc1ccc(N/N=C/c2ccccc2-c2ccccc2/C=N/Nc2ccc(Br)cc2)cc1. The molecule has 0 saturated heterocycles. The molecule has 0 aliphatic heterocycles. The molecule has 6 heteroatoms. The minimum absolute atomic E-state index is 0.925. The highest BCUT2D eigenvalue weighted by atomic mass is 79.9. The number of hydrogen-bond donors (Lipinski definition) is 2. The molecule has 0 aliphatic rings. The van der Waals surface area contributed by atoms with Crippen molar-refractivity contribution in [3.8, 4) is 11.1 Å². The van der Waals surface area contributed by atoms with Gasteiger partial charge in [0.15, 0.2) is 0 Å². The van der Waals surface area contributed by atoms with Crippen LogP contribution in [0, 0.1) is 0 Å². The molecule has 32 heavy (non-hydrogen) atoms. The molecule has 0 heterocycles. The molecule has 4 aromatic carbocycles. The first-order valence-corrected chi connectivity index (χ1v) is 11.6. The van der Waals surface area contributed by atoms with Gasteiger partial charge in [0.1, 0.15) is 0 Å². The molecule has 4 nitrogen and oxygen atoms in total. The van der Waals surface area contributed by atoms with Crippen LogP contribution in [0.1, 0.15) is 11.1 Å². The third-order valence-electron chi connectivity index (χ3n) is 4.69. The molecule has 158 valence electrons. The number of hydrazone groups is 2. The molecule has 0 atom stereocenters. The van der Waals surface area contributed by atoms with Crippen LogP contribution in [0.15, 0.2) is 116 Å². The molecule has 0 saturated carbocycles. The summed E-state index contributed by atoms with van der Waals surface area (Å²) < 4.78 is 2.07. The maximum Gasteiger partial charge on any atom is 0.0562 e. The lowest BCUT2D eigenvalue weighted by Crippen LogP contribution is -1.96. The zero-order valence-electron chi connectivity index (χ0n) is 17.0. The van der Waals surface area contributed by atoms with E-state index < -0.39 is 0 Å². The first-order valence-electron chi connectivity index (χ1n) is 9.97. The van der Waals surface area contributed by atoms with Crippen LogP contribution in [-0.4, -0.2) is 12.4 Å². The van der Waals surface area contributed by atoms with Gasteiger partial charge in [-0.1, -0.05) is 80.4 Å². The van der Waals surface area contributed by atoms with E-state index in [1.807, 2.05) is 85.2 Å². The lowest BCUT2D eigenvalue weighted by atomic mass is 9.96. The van der Waals surface area contributed by atoms with E-state index in [1.54, 1.807) is 0 Å². The lowest BCUT2D eigenvalue weighted by molar-refractivity contribution is 1.34. The van der Waals surface area contributed by atoms with Gasteiger partial charge in [-0.05, 0) is 59.7 Å². The van der Waals surface area contributed by atoms with Crippen LogP contribution in [-0.2, 0) is 0 Å². The van der Waals surface area contributed by atoms with E-state index in [0.717, 1.165) is 42.6 Å². The minimum Gasteiger partial charge on any atom is -0.279 e. The Bertz CT molecular complexity index is 1130. The maximum absolute atomic E-state index is 4.43. The fourth-order valence-corrected chi connectivity index (χ4v) is 3.64. The van der Waals surface area contributed by atoms with Gasteiger partial charge in [0.25, 0.3) is 0 Å². The van der Waals surface area contributed by atoms with Crippen LogP contribution in [0.2, 0.25) is 0 Å². The van der Waals surface area contributed by atoms with Gasteiger partial charge < -0.3 is 0 Å². The van der Waals surface area contributed by atoms with Gasteiger partial charge in [-0.3, -0.25) is 10.9 Å². The third-order valence-corrected chi connectivity index (χ3v) is 5.75. The Balaban J connectivity index is 1.55. The van der Waals surface area contributed by atoms with Gasteiger partial charge in [0.2, 0.25) is 0 Å². The number of nitrogens with zero attached hydrogens (tertiary/aromatic N) is 2. The van der Waals surface area contributed by atoms with Crippen LogP contribution in [0.25, 0.3) is 11.1 Å². The summed E-state index contributed by atoms with van der Waals surface area (Å²) in [6, 6.07) is 32.2. The second-order valence-electron chi connectivity index (χ2n) is 6.93. The molecule has 4 aromatic rings. The average molecular weight is 548 g/mol. The summed E-state index contributed by atoms with van der Waals surface area (Å²) in [6.45, 7) is 0. The Morgan fingerprint density at radius 3 is 1.28 bits per heavy atom. The van der Waals surface area contributed by atoms with E-state index in [4.69, 9.17) is 0 Å².